The minimum atomic E-state index is 0. The van der Waals surface area contributed by atoms with Crippen LogP contribution < -0.4 is 5.73 Å². The van der Waals surface area contributed by atoms with Gasteiger partial charge in [0.15, 0.2) is 0 Å². The van der Waals surface area contributed by atoms with Crippen molar-refractivity contribution in [1.82, 2.24) is 4.90 Å². The molecule has 0 bridgehead atoms. The highest BCUT2D eigenvalue weighted by molar-refractivity contribution is 8.00. The Morgan fingerprint density at radius 2 is 1.95 bits per heavy atom. The van der Waals surface area contributed by atoms with Crippen LogP contribution in [-0.4, -0.2) is 40.4 Å². The Bertz CT molecular complexity index is 355. The van der Waals surface area contributed by atoms with E-state index in [1.807, 2.05) is 0 Å². The zero-order valence-corrected chi connectivity index (χ0v) is 14.5. The summed E-state index contributed by atoms with van der Waals surface area (Å²) in [6, 6.07) is 0.266. The van der Waals surface area contributed by atoms with E-state index in [-0.39, 0.29) is 18.4 Å². The van der Waals surface area contributed by atoms with Crippen LogP contribution in [0.3, 0.4) is 0 Å². The molecule has 2 N–H and O–H groups in total. The van der Waals surface area contributed by atoms with Crippen molar-refractivity contribution in [3.05, 3.63) is 0 Å². The molecule has 3 nitrogen and oxygen atoms in total. The van der Waals surface area contributed by atoms with Crippen molar-refractivity contribution in [2.75, 3.05) is 18.8 Å². The molecule has 2 saturated carbocycles. The van der Waals surface area contributed by atoms with E-state index in [1.54, 1.807) is 0 Å². The third-order valence-electron chi connectivity index (χ3n) is 5.52. The quantitative estimate of drug-likeness (QED) is 0.844. The van der Waals surface area contributed by atoms with Gasteiger partial charge in [0.2, 0.25) is 5.91 Å². The normalized spacial score (nSPS) is 32.0. The Labute approximate surface area is 139 Å². The van der Waals surface area contributed by atoms with Gasteiger partial charge < -0.3 is 10.6 Å². The maximum absolute atomic E-state index is 12.6. The Morgan fingerprint density at radius 3 is 2.62 bits per heavy atom. The zero-order chi connectivity index (χ0) is 14.0. The van der Waals surface area contributed by atoms with Gasteiger partial charge in [0.25, 0.3) is 0 Å². The molecular weight excluding hydrogens is 304 g/mol. The topological polar surface area (TPSA) is 46.3 Å². The van der Waals surface area contributed by atoms with Crippen LogP contribution in [0.5, 0.6) is 0 Å². The van der Waals surface area contributed by atoms with Crippen LogP contribution in [0, 0.1) is 5.92 Å². The minimum absolute atomic E-state index is 0. The lowest BCUT2D eigenvalue weighted by Gasteiger charge is -2.45. The Hall–Kier alpha value is 0.0700. The maximum Gasteiger partial charge on any atom is 0.222 e. The molecule has 2 aliphatic carbocycles. The van der Waals surface area contributed by atoms with E-state index in [4.69, 9.17) is 5.73 Å². The van der Waals surface area contributed by atoms with Gasteiger partial charge in [-0.2, -0.15) is 11.8 Å². The molecule has 0 aromatic carbocycles. The minimum Gasteiger partial charge on any atom is -0.340 e. The lowest BCUT2D eigenvalue weighted by atomic mass is 9.87. The fraction of sp³-hybridized carbons (Fsp3) is 0.938. The summed E-state index contributed by atoms with van der Waals surface area (Å²) in [5.41, 5.74) is 6.12. The van der Waals surface area contributed by atoms with Crippen molar-refractivity contribution < 1.29 is 4.79 Å². The summed E-state index contributed by atoms with van der Waals surface area (Å²) in [5, 5.41) is 0. The van der Waals surface area contributed by atoms with Gasteiger partial charge in [0.1, 0.15) is 0 Å². The van der Waals surface area contributed by atoms with Crippen LogP contribution in [0.1, 0.15) is 57.8 Å². The fourth-order valence-corrected chi connectivity index (χ4v) is 5.80. The third-order valence-corrected chi connectivity index (χ3v) is 7.06. The van der Waals surface area contributed by atoms with Gasteiger partial charge >= 0.3 is 0 Å². The molecule has 1 amide bonds. The Kier molecular flexibility index (Phi) is 6.27. The number of rotatable bonds is 2. The number of carbonyl (C=O) groups excluding carboxylic acids is 1. The largest absolute Gasteiger partial charge is 0.340 e. The van der Waals surface area contributed by atoms with E-state index in [9.17, 15) is 4.79 Å². The molecule has 5 heteroatoms. The second-order valence-electron chi connectivity index (χ2n) is 6.97. The predicted molar refractivity (Wildman–Crippen MR) is 92.0 cm³/mol. The number of hydrogen-bond acceptors (Lipinski definition) is 3. The van der Waals surface area contributed by atoms with Gasteiger partial charge in [0.05, 0.1) is 0 Å². The molecule has 1 spiro atoms. The van der Waals surface area contributed by atoms with Crippen molar-refractivity contribution in [3.63, 3.8) is 0 Å². The average molecular weight is 333 g/mol. The smallest absolute Gasteiger partial charge is 0.222 e. The highest BCUT2D eigenvalue weighted by atomic mass is 35.5. The predicted octanol–water partition coefficient (Wildman–Crippen LogP) is 3.20. The van der Waals surface area contributed by atoms with Gasteiger partial charge in [0, 0.05) is 36.1 Å². The van der Waals surface area contributed by atoms with E-state index in [1.165, 1.54) is 38.5 Å². The van der Waals surface area contributed by atoms with E-state index in [2.05, 4.69) is 16.7 Å². The van der Waals surface area contributed by atoms with Crippen molar-refractivity contribution in [2.45, 2.75) is 68.6 Å². The van der Waals surface area contributed by atoms with Crippen LogP contribution in [0.4, 0.5) is 0 Å². The van der Waals surface area contributed by atoms with Gasteiger partial charge in [-0.05, 0) is 31.6 Å². The summed E-state index contributed by atoms with van der Waals surface area (Å²) in [7, 11) is 0. The Morgan fingerprint density at radius 1 is 1.19 bits per heavy atom. The van der Waals surface area contributed by atoms with Crippen molar-refractivity contribution in [2.24, 2.45) is 11.7 Å². The second-order valence-corrected chi connectivity index (χ2v) is 8.53. The fourth-order valence-electron chi connectivity index (χ4n) is 4.23. The van der Waals surface area contributed by atoms with Crippen molar-refractivity contribution in [1.29, 1.82) is 0 Å². The van der Waals surface area contributed by atoms with Gasteiger partial charge in [-0.25, -0.2) is 0 Å². The van der Waals surface area contributed by atoms with Crippen LogP contribution >= 0.6 is 24.2 Å². The number of carbonyl (C=O) groups is 1. The molecule has 0 unspecified atom stereocenters. The number of halogens is 1. The lowest BCUT2D eigenvalue weighted by Crippen LogP contribution is -2.50. The summed E-state index contributed by atoms with van der Waals surface area (Å²) in [5.74, 6) is 1.94. The second kappa shape index (κ2) is 7.56. The molecular formula is C16H29ClN2OS. The van der Waals surface area contributed by atoms with Crippen molar-refractivity contribution in [3.8, 4) is 0 Å². The Balaban J connectivity index is 0.00000161. The molecule has 0 aromatic rings. The molecule has 21 heavy (non-hydrogen) atoms. The number of thioether (sulfide) groups is 1. The monoisotopic (exact) mass is 332 g/mol. The standard InChI is InChI=1S/C16H28N2OS.ClH/c17-14-6-4-5-13(14)11-15(19)18-9-10-20-16(12-18)7-2-1-3-8-16;/h13-14H,1-12,17H2;1H/t13-,14+;/m0./s1. The molecule has 2 atom stereocenters. The first-order valence-electron chi connectivity index (χ1n) is 8.36. The lowest BCUT2D eigenvalue weighted by molar-refractivity contribution is -0.132. The van der Waals surface area contributed by atoms with Gasteiger partial charge in [-0.1, -0.05) is 25.7 Å². The maximum atomic E-state index is 12.6. The first kappa shape index (κ1) is 17.4. The molecule has 1 saturated heterocycles. The summed E-state index contributed by atoms with van der Waals surface area (Å²) in [6.45, 7) is 1.95. The molecule has 0 radical (unpaired) electrons. The third kappa shape index (κ3) is 4.08. The van der Waals surface area contributed by atoms with Crippen LogP contribution in [-0.2, 0) is 4.79 Å². The van der Waals surface area contributed by atoms with Gasteiger partial charge in [-0.3, -0.25) is 4.79 Å². The van der Waals surface area contributed by atoms with Crippen molar-refractivity contribution >= 4 is 30.1 Å². The highest BCUT2D eigenvalue weighted by Crippen LogP contribution is 2.43. The molecule has 3 aliphatic rings. The zero-order valence-electron chi connectivity index (χ0n) is 12.9. The number of nitrogens with zero attached hydrogens (tertiary/aromatic N) is 1. The van der Waals surface area contributed by atoms with Crippen LogP contribution in [0.25, 0.3) is 0 Å². The highest BCUT2D eigenvalue weighted by Gasteiger charge is 2.39. The molecule has 3 fully saturated rings. The first-order chi connectivity index (χ1) is 9.69. The summed E-state index contributed by atoms with van der Waals surface area (Å²) in [4.78, 5) is 14.7. The molecule has 1 heterocycles. The number of hydrogen-bond donors (Lipinski definition) is 1. The molecule has 122 valence electrons. The summed E-state index contributed by atoms with van der Waals surface area (Å²) in [6.07, 6.45) is 10.9. The summed E-state index contributed by atoms with van der Waals surface area (Å²) >= 11 is 2.13. The summed E-state index contributed by atoms with van der Waals surface area (Å²) < 4.78 is 0.393. The van der Waals surface area contributed by atoms with E-state index in [0.717, 1.165) is 31.7 Å². The van der Waals surface area contributed by atoms with Crippen LogP contribution in [0.2, 0.25) is 0 Å². The van der Waals surface area contributed by atoms with E-state index < -0.39 is 0 Å². The average Bonchev–Trinajstić information content (AvgIpc) is 2.85. The first-order valence-corrected chi connectivity index (χ1v) is 9.34. The SMILES string of the molecule is Cl.N[C@@H]1CCC[C@H]1CC(=O)N1CCSC2(CCCCC2)C1. The molecule has 0 aromatic heterocycles. The number of amides is 1. The van der Waals surface area contributed by atoms with Crippen LogP contribution in [0.15, 0.2) is 0 Å². The van der Waals surface area contributed by atoms with E-state index >= 15 is 0 Å². The van der Waals surface area contributed by atoms with E-state index in [0.29, 0.717) is 23.0 Å². The molecule has 1 aliphatic heterocycles. The molecule has 3 rings (SSSR count). The van der Waals surface area contributed by atoms with Gasteiger partial charge in [-0.15, -0.1) is 12.4 Å². The number of nitrogens with two attached hydrogens (primary N) is 1.